The van der Waals surface area contributed by atoms with Crippen LogP contribution in [0.1, 0.15) is 121 Å². The molecule has 4 nitrogen and oxygen atoms in total. The van der Waals surface area contributed by atoms with Crippen LogP contribution in [0, 0.1) is 5.41 Å². The molecule has 2 aromatic carbocycles. The number of aromatic hydroxyl groups is 2. The van der Waals surface area contributed by atoms with Gasteiger partial charge >= 0.3 is 5.97 Å². The van der Waals surface area contributed by atoms with Gasteiger partial charge in [0.15, 0.2) is 0 Å². The van der Waals surface area contributed by atoms with E-state index in [4.69, 9.17) is 0 Å². The first-order chi connectivity index (χ1) is 18.2. The summed E-state index contributed by atoms with van der Waals surface area (Å²) < 4.78 is 0. The number of carboxylic acid groups (broad SMARTS) is 1. The van der Waals surface area contributed by atoms with Gasteiger partial charge < -0.3 is 15.3 Å². The Morgan fingerprint density at radius 2 is 1.47 bits per heavy atom. The fourth-order valence-electron chi connectivity index (χ4n) is 6.06. The molecule has 0 spiro atoms. The van der Waals surface area contributed by atoms with Crippen LogP contribution in [0.5, 0.6) is 11.5 Å². The normalized spacial score (nSPS) is 20.6. The van der Waals surface area contributed by atoms with Crippen molar-refractivity contribution >= 4 is 17.7 Å². The van der Waals surface area contributed by atoms with E-state index in [2.05, 4.69) is 32.0 Å². The van der Waals surface area contributed by atoms with Crippen molar-refractivity contribution in [3.8, 4) is 11.5 Å². The lowest BCUT2D eigenvalue weighted by molar-refractivity contribution is -0.149. The second-order valence-corrected chi connectivity index (χ2v) is 12.9. The zero-order valence-corrected chi connectivity index (χ0v) is 24.5. The van der Waals surface area contributed by atoms with Gasteiger partial charge in [-0.1, -0.05) is 96.3 Å². The maximum Gasteiger partial charge on any atom is 0.309 e. The second-order valence-electron chi connectivity index (χ2n) is 11.9. The molecule has 0 saturated heterocycles. The average molecular weight is 541 g/mol. The minimum absolute atomic E-state index is 0.0409. The van der Waals surface area contributed by atoms with E-state index in [1.807, 2.05) is 30.8 Å². The molecule has 3 atom stereocenters. The summed E-state index contributed by atoms with van der Waals surface area (Å²) in [5, 5.41) is 29.6. The molecule has 2 aromatic rings. The Labute approximate surface area is 234 Å². The first-order valence-electron chi connectivity index (χ1n) is 14.7. The van der Waals surface area contributed by atoms with Gasteiger partial charge in [0.05, 0.1) is 5.41 Å². The van der Waals surface area contributed by atoms with Gasteiger partial charge in [0.1, 0.15) is 11.5 Å². The van der Waals surface area contributed by atoms with Crippen LogP contribution in [0.2, 0.25) is 0 Å². The van der Waals surface area contributed by atoms with Gasteiger partial charge in [0.25, 0.3) is 0 Å². The molecule has 1 aliphatic rings. The second kappa shape index (κ2) is 14.3. The molecule has 0 aliphatic carbocycles. The molecule has 1 unspecified atom stereocenters. The van der Waals surface area contributed by atoms with Crippen LogP contribution in [-0.2, 0) is 10.2 Å². The number of phenols is 2. The third-order valence-corrected chi connectivity index (χ3v) is 10.2. The topological polar surface area (TPSA) is 77.8 Å². The molecular formula is C33H48O4S. The summed E-state index contributed by atoms with van der Waals surface area (Å²) in [5.41, 5.74) is 1.96. The van der Waals surface area contributed by atoms with Crippen LogP contribution in [0.3, 0.4) is 0 Å². The third kappa shape index (κ3) is 7.94. The quantitative estimate of drug-likeness (QED) is 0.185. The number of rotatable bonds is 16. The van der Waals surface area contributed by atoms with Crippen LogP contribution in [0.15, 0.2) is 47.4 Å². The first kappa shape index (κ1) is 30.4. The van der Waals surface area contributed by atoms with Crippen molar-refractivity contribution < 1.29 is 20.1 Å². The zero-order valence-electron chi connectivity index (χ0n) is 23.7. The van der Waals surface area contributed by atoms with Crippen molar-refractivity contribution in [1.82, 2.24) is 0 Å². The van der Waals surface area contributed by atoms with Gasteiger partial charge in [-0.05, 0) is 67.5 Å². The van der Waals surface area contributed by atoms with Crippen LogP contribution in [-0.4, -0.2) is 27.0 Å². The largest absolute Gasteiger partial charge is 0.508 e. The van der Waals surface area contributed by atoms with Gasteiger partial charge in [-0.3, -0.25) is 4.79 Å². The van der Waals surface area contributed by atoms with Crippen molar-refractivity contribution in [2.24, 2.45) is 5.41 Å². The lowest BCUT2D eigenvalue weighted by Gasteiger charge is -2.43. The number of carbonyl (C=O) groups is 1. The van der Waals surface area contributed by atoms with Crippen molar-refractivity contribution in [2.75, 3.05) is 5.75 Å². The molecule has 3 rings (SSSR count). The van der Waals surface area contributed by atoms with Crippen molar-refractivity contribution in [1.29, 1.82) is 0 Å². The summed E-state index contributed by atoms with van der Waals surface area (Å²) in [4.78, 5) is 13.1. The van der Waals surface area contributed by atoms with Crippen LogP contribution < -0.4 is 0 Å². The van der Waals surface area contributed by atoms with Crippen LogP contribution in [0.4, 0.5) is 0 Å². The Kier molecular flexibility index (Phi) is 11.4. The summed E-state index contributed by atoms with van der Waals surface area (Å²) in [5.74, 6) is 1.28. The van der Waals surface area contributed by atoms with Crippen molar-refractivity contribution in [2.45, 2.75) is 120 Å². The van der Waals surface area contributed by atoms with Gasteiger partial charge in [0, 0.05) is 16.1 Å². The highest BCUT2D eigenvalue weighted by atomic mass is 32.2. The predicted molar refractivity (Wildman–Crippen MR) is 158 cm³/mol. The lowest BCUT2D eigenvalue weighted by Crippen LogP contribution is -2.36. The summed E-state index contributed by atoms with van der Waals surface area (Å²) >= 11 is 1.81. The highest BCUT2D eigenvalue weighted by Crippen LogP contribution is 2.52. The van der Waals surface area contributed by atoms with Crippen LogP contribution in [0.25, 0.3) is 0 Å². The molecule has 1 heterocycles. The number of phenolic OH excluding ortho intramolecular Hbond substituents is 2. The number of carboxylic acids is 1. The van der Waals surface area contributed by atoms with Crippen molar-refractivity contribution in [3.05, 3.63) is 53.6 Å². The average Bonchev–Trinajstić information content (AvgIpc) is 2.89. The van der Waals surface area contributed by atoms with E-state index in [1.165, 1.54) is 41.7 Å². The van der Waals surface area contributed by atoms with Crippen LogP contribution >= 0.6 is 11.8 Å². The molecule has 1 aliphatic heterocycles. The molecule has 0 fully saturated rings. The molecule has 3 N–H and O–H groups in total. The zero-order chi connectivity index (χ0) is 27.6. The Morgan fingerprint density at radius 1 is 0.895 bits per heavy atom. The van der Waals surface area contributed by atoms with E-state index in [0.717, 1.165) is 63.5 Å². The van der Waals surface area contributed by atoms with Crippen molar-refractivity contribution in [3.63, 3.8) is 0 Å². The van der Waals surface area contributed by atoms with Gasteiger partial charge in [-0.15, -0.1) is 11.8 Å². The predicted octanol–water partition coefficient (Wildman–Crippen LogP) is 9.43. The molecule has 0 amide bonds. The van der Waals surface area contributed by atoms with E-state index >= 15 is 0 Å². The maximum atomic E-state index is 11.9. The number of benzene rings is 2. The molecule has 0 aromatic heterocycles. The van der Waals surface area contributed by atoms with Gasteiger partial charge in [0.2, 0.25) is 0 Å². The number of hydrogen-bond acceptors (Lipinski definition) is 4. The summed E-state index contributed by atoms with van der Waals surface area (Å²) in [6, 6.07) is 13.5. The van der Waals surface area contributed by atoms with E-state index < -0.39 is 11.4 Å². The minimum Gasteiger partial charge on any atom is -0.508 e. The Hall–Kier alpha value is -2.14. The standard InChI is InChI=1S/C33H48O4S/c1-4-5-6-12-21-32(2,31(36)37)22-13-10-8-7-9-11-14-29-28-20-19-27(35)23-30(28)38-24-33(29,3)25-15-17-26(34)18-16-25/h15-20,23,29,34-35H,4-14,21-22,24H2,1-3H3,(H,36,37)/t29-,32?,33-/m1/s1. The smallest absolute Gasteiger partial charge is 0.309 e. The minimum atomic E-state index is -0.634. The lowest BCUT2D eigenvalue weighted by atomic mass is 9.68. The number of thioether (sulfide) groups is 1. The van der Waals surface area contributed by atoms with Gasteiger partial charge in [-0.25, -0.2) is 0 Å². The molecule has 0 saturated carbocycles. The Bertz CT molecular complexity index is 1020. The fourth-order valence-corrected chi connectivity index (χ4v) is 7.46. The Balaban J connectivity index is 1.50. The highest BCUT2D eigenvalue weighted by molar-refractivity contribution is 7.99. The molecule has 5 heteroatoms. The molecule has 210 valence electrons. The molecule has 38 heavy (non-hydrogen) atoms. The van der Waals surface area contributed by atoms with Gasteiger partial charge in [-0.2, -0.15) is 0 Å². The number of aliphatic carboxylic acids is 1. The number of fused-ring (bicyclic) bond motifs is 1. The summed E-state index contributed by atoms with van der Waals surface area (Å²) in [7, 11) is 0. The Morgan fingerprint density at radius 3 is 2.11 bits per heavy atom. The molecule has 0 bridgehead atoms. The van der Waals surface area contributed by atoms with E-state index in [0.29, 0.717) is 17.4 Å². The van der Waals surface area contributed by atoms with E-state index in [-0.39, 0.29) is 5.41 Å². The molecule has 0 radical (unpaired) electrons. The van der Waals surface area contributed by atoms with E-state index in [9.17, 15) is 20.1 Å². The third-order valence-electron chi connectivity index (χ3n) is 8.77. The first-order valence-corrected chi connectivity index (χ1v) is 15.7. The SMILES string of the molecule is CCCCCCC(C)(CCCCCCCC[C@@H]1c2ccc(O)cc2SC[C@]1(C)c1ccc(O)cc1)C(=O)O. The molecular weight excluding hydrogens is 492 g/mol. The monoisotopic (exact) mass is 540 g/mol. The highest BCUT2D eigenvalue weighted by Gasteiger charge is 2.41. The summed E-state index contributed by atoms with van der Waals surface area (Å²) in [6.07, 6.45) is 13.9. The van der Waals surface area contributed by atoms with E-state index in [1.54, 1.807) is 12.1 Å². The fraction of sp³-hybridized carbons (Fsp3) is 0.606. The maximum absolute atomic E-state index is 11.9. The summed E-state index contributed by atoms with van der Waals surface area (Å²) in [6.45, 7) is 6.46. The number of hydrogen-bond donors (Lipinski definition) is 3. The number of unbranched alkanes of at least 4 members (excludes halogenated alkanes) is 8.